The third kappa shape index (κ3) is 3.16. The first kappa shape index (κ1) is 16.1. The van der Waals surface area contributed by atoms with Crippen LogP contribution in [-0.2, 0) is 9.53 Å². The molecular formula is C18H22O4. The lowest BCUT2D eigenvalue weighted by Gasteiger charge is -2.22. The summed E-state index contributed by atoms with van der Waals surface area (Å²) in [5.41, 5.74) is 2.04. The lowest BCUT2D eigenvalue weighted by atomic mass is 9.81. The lowest BCUT2D eigenvalue weighted by molar-refractivity contribution is -0.145. The summed E-state index contributed by atoms with van der Waals surface area (Å²) in [5, 5.41) is 0. The van der Waals surface area contributed by atoms with Crippen LogP contribution < -0.4 is 4.74 Å². The first-order chi connectivity index (χ1) is 10.5. The summed E-state index contributed by atoms with van der Waals surface area (Å²) in [4.78, 5) is 12.1. The number of aryl methyl sites for hydroxylation is 2. The summed E-state index contributed by atoms with van der Waals surface area (Å²) in [6, 6.07) is 9.74. The van der Waals surface area contributed by atoms with Crippen molar-refractivity contribution in [2.45, 2.75) is 26.7 Å². The van der Waals surface area contributed by atoms with Crippen LogP contribution in [0.1, 0.15) is 35.5 Å². The Labute approximate surface area is 131 Å². The number of hydrogen-bond acceptors (Lipinski definition) is 4. The zero-order valence-electron chi connectivity index (χ0n) is 13.7. The van der Waals surface area contributed by atoms with E-state index in [9.17, 15) is 4.79 Å². The van der Waals surface area contributed by atoms with Gasteiger partial charge in [0.05, 0.1) is 20.1 Å². The smallest absolute Gasteiger partial charge is 0.309 e. The van der Waals surface area contributed by atoms with Crippen molar-refractivity contribution >= 4 is 5.97 Å². The molecule has 0 saturated carbocycles. The molecule has 0 unspecified atom stereocenters. The Balaban J connectivity index is 2.49. The van der Waals surface area contributed by atoms with Gasteiger partial charge in [-0.05, 0) is 37.6 Å². The fourth-order valence-corrected chi connectivity index (χ4v) is 2.83. The van der Waals surface area contributed by atoms with Crippen molar-refractivity contribution in [1.82, 2.24) is 0 Å². The number of hydrogen-bond donors (Lipinski definition) is 0. The molecule has 22 heavy (non-hydrogen) atoms. The molecule has 2 rings (SSSR count). The Hall–Kier alpha value is -2.23. The largest absolute Gasteiger partial charge is 0.497 e. The quantitative estimate of drug-likeness (QED) is 0.787. The Morgan fingerprint density at radius 2 is 1.77 bits per heavy atom. The molecular weight excluding hydrogens is 280 g/mol. The van der Waals surface area contributed by atoms with Crippen LogP contribution in [0.4, 0.5) is 0 Å². The standard InChI is InChI=1S/C18H22O4/c1-11-10-16(13(3)22-11)17(12(2)18(19)21-5)14-6-8-15(20-4)9-7-14/h6-10,12,17H,1-5H3/t12-,17+/m1/s1. The van der Waals surface area contributed by atoms with Crippen molar-refractivity contribution in [1.29, 1.82) is 0 Å². The van der Waals surface area contributed by atoms with Gasteiger partial charge in [0.15, 0.2) is 0 Å². The van der Waals surface area contributed by atoms with E-state index in [4.69, 9.17) is 13.9 Å². The molecule has 4 heteroatoms. The van der Waals surface area contributed by atoms with Crippen LogP contribution in [0.2, 0.25) is 0 Å². The van der Waals surface area contributed by atoms with Crippen molar-refractivity contribution in [3.05, 3.63) is 53.0 Å². The van der Waals surface area contributed by atoms with Crippen LogP contribution in [0.25, 0.3) is 0 Å². The van der Waals surface area contributed by atoms with E-state index >= 15 is 0 Å². The van der Waals surface area contributed by atoms with Gasteiger partial charge < -0.3 is 13.9 Å². The second-order valence-electron chi connectivity index (χ2n) is 5.43. The molecule has 0 fully saturated rings. The molecule has 1 aromatic heterocycles. The minimum atomic E-state index is -0.311. The molecule has 0 radical (unpaired) electrons. The van der Waals surface area contributed by atoms with E-state index in [0.29, 0.717) is 0 Å². The maximum Gasteiger partial charge on any atom is 0.309 e. The van der Waals surface area contributed by atoms with Gasteiger partial charge in [0.1, 0.15) is 17.3 Å². The maximum absolute atomic E-state index is 12.1. The molecule has 4 nitrogen and oxygen atoms in total. The van der Waals surface area contributed by atoms with Gasteiger partial charge in [-0.2, -0.15) is 0 Å². The van der Waals surface area contributed by atoms with Gasteiger partial charge in [0, 0.05) is 11.5 Å². The minimum Gasteiger partial charge on any atom is -0.497 e. The number of rotatable bonds is 5. The van der Waals surface area contributed by atoms with Crippen LogP contribution in [0.15, 0.2) is 34.7 Å². The summed E-state index contributed by atoms with van der Waals surface area (Å²) in [5.74, 6) is 1.79. The lowest BCUT2D eigenvalue weighted by Crippen LogP contribution is -2.22. The Morgan fingerprint density at radius 3 is 2.23 bits per heavy atom. The average Bonchev–Trinajstić information content (AvgIpc) is 2.85. The van der Waals surface area contributed by atoms with Crippen LogP contribution in [0.5, 0.6) is 5.75 Å². The van der Waals surface area contributed by atoms with Crippen LogP contribution >= 0.6 is 0 Å². The molecule has 0 aliphatic heterocycles. The van der Waals surface area contributed by atoms with E-state index in [-0.39, 0.29) is 17.8 Å². The van der Waals surface area contributed by atoms with E-state index in [1.165, 1.54) is 7.11 Å². The number of carbonyl (C=O) groups is 1. The van der Waals surface area contributed by atoms with Crippen molar-refractivity contribution in [3.8, 4) is 5.75 Å². The second kappa shape index (κ2) is 6.69. The normalized spacial score (nSPS) is 13.5. The molecule has 2 atom stereocenters. The minimum absolute atomic E-state index is 0.115. The Morgan fingerprint density at radius 1 is 1.14 bits per heavy atom. The van der Waals surface area contributed by atoms with Crippen molar-refractivity contribution < 1.29 is 18.7 Å². The highest BCUT2D eigenvalue weighted by atomic mass is 16.5. The first-order valence-electron chi connectivity index (χ1n) is 7.26. The van der Waals surface area contributed by atoms with E-state index in [2.05, 4.69) is 0 Å². The molecule has 0 saturated heterocycles. The second-order valence-corrected chi connectivity index (χ2v) is 5.43. The fourth-order valence-electron chi connectivity index (χ4n) is 2.83. The van der Waals surface area contributed by atoms with E-state index in [0.717, 1.165) is 28.4 Å². The van der Waals surface area contributed by atoms with Crippen molar-refractivity contribution in [2.75, 3.05) is 14.2 Å². The summed E-state index contributed by atoms with van der Waals surface area (Å²) in [6.45, 7) is 5.70. The third-order valence-corrected chi connectivity index (χ3v) is 3.96. The van der Waals surface area contributed by atoms with Gasteiger partial charge in [0.2, 0.25) is 0 Å². The average molecular weight is 302 g/mol. The number of furan rings is 1. The van der Waals surface area contributed by atoms with Gasteiger partial charge in [-0.15, -0.1) is 0 Å². The summed E-state index contributed by atoms with van der Waals surface area (Å²) in [6.07, 6.45) is 0. The number of methoxy groups -OCH3 is 2. The number of benzene rings is 1. The first-order valence-corrected chi connectivity index (χ1v) is 7.26. The SMILES string of the molecule is COC(=O)[C@H](C)[C@@H](c1ccc(OC)cc1)c1cc(C)oc1C. The molecule has 0 bridgehead atoms. The summed E-state index contributed by atoms with van der Waals surface area (Å²) >= 11 is 0. The molecule has 0 N–H and O–H groups in total. The molecule has 0 spiro atoms. The highest BCUT2D eigenvalue weighted by Gasteiger charge is 2.30. The number of carbonyl (C=O) groups excluding carboxylic acids is 1. The summed E-state index contributed by atoms with van der Waals surface area (Å²) in [7, 11) is 3.05. The number of esters is 1. The van der Waals surface area contributed by atoms with Gasteiger partial charge in [-0.25, -0.2) is 0 Å². The van der Waals surface area contributed by atoms with Crippen LogP contribution in [-0.4, -0.2) is 20.2 Å². The Kier molecular flexibility index (Phi) is 4.91. The van der Waals surface area contributed by atoms with E-state index < -0.39 is 0 Å². The fraction of sp³-hybridized carbons (Fsp3) is 0.389. The Bertz CT molecular complexity index is 640. The monoisotopic (exact) mass is 302 g/mol. The van der Waals surface area contributed by atoms with Gasteiger partial charge in [-0.3, -0.25) is 4.79 Å². The van der Waals surface area contributed by atoms with Crippen molar-refractivity contribution in [3.63, 3.8) is 0 Å². The molecule has 2 aromatic rings. The van der Waals surface area contributed by atoms with E-state index in [1.807, 2.05) is 51.1 Å². The molecule has 118 valence electrons. The molecule has 0 amide bonds. The predicted molar refractivity (Wildman–Crippen MR) is 84.2 cm³/mol. The zero-order valence-corrected chi connectivity index (χ0v) is 13.7. The molecule has 0 aliphatic rings. The van der Waals surface area contributed by atoms with Crippen LogP contribution in [0, 0.1) is 19.8 Å². The zero-order chi connectivity index (χ0) is 16.3. The van der Waals surface area contributed by atoms with Gasteiger partial charge in [-0.1, -0.05) is 19.1 Å². The molecule has 1 heterocycles. The maximum atomic E-state index is 12.1. The number of ether oxygens (including phenoxy) is 2. The highest BCUT2D eigenvalue weighted by Crippen LogP contribution is 2.36. The van der Waals surface area contributed by atoms with Crippen molar-refractivity contribution in [2.24, 2.45) is 5.92 Å². The topological polar surface area (TPSA) is 48.7 Å². The molecule has 1 aromatic carbocycles. The summed E-state index contributed by atoms with van der Waals surface area (Å²) < 4.78 is 15.8. The highest BCUT2D eigenvalue weighted by molar-refractivity contribution is 5.74. The van der Waals surface area contributed by atoms with Gasteiger partial charge in [0.25, 0.3) is 0 Å². The predicted octanol–water partition coefficient (Wildman–Crippen LogP) is 3.85. The molecule has 0 aliphatic carbocycles. The van der Waals surface area contributed by atoms with Gasteiger partial charge >= 0.3 is 5.97 Å². The van der Waals surface area contributed by atoms with E-state index in [1.54, 1.807) is 7.11 Å². The third-order valence-electron chi connectivity index (χ3n) is 3.96. The van der Waals surface area contributed by atoms with Crippen LogP contribution in [0.3, 0.4) is 0 Å².